The molecule has 0 bridgehead atoms. The highest BCUT2D eigenvalue weighted by Gasteiger charge is 2.15. The maximum absolute atomic E-state index is 11.6. The molecule has 1 aromatic carbocycles. The molecule has 1 unspecified atom stereocenters. The molecule has 3 N–H and O–H groups in total. The normalized spacial score (nSPS) is 11.2. The minimum Gasteiger partial charge on any atom is -0.478 e. The highest BCUT2D eigenvalue weighted by atomic mass is 16.4. The third-order valence-electron chi connectivity index (χ3n) is 2.33. The summed E-state index contributed by atoms with van der Waals surface area (Å²) >= 11 is 0. The molecule has 5 heteroatoms. The second-order valence-corrected chi connectivity index (χ2v) is 3.79. The van der Waals surface area contributed by atoms with E-state index in [1.54, 1.807) is 26.0 Å². The molecule has 0 spiro atoms. The van der Waals surface area contributed by atoms with Crippen LogP contribution in [0.25, 0.3) is 0 Å². The van der Waals surface area contributed by atoms with Gasteiger partial charge in [0.2, 0.25) is 0 Å². The lowest BCUT2D eigenvalue weighted by Gasteiger charge is -2.12. The first kappa shape index (κ1) is 13.6. The summed E-state index contributed by atoms with van der Waals surface area (Å²) in [5.74, 6) is 1.25. The minimum absolute atomic E-state index is 0.0704. The number of benzene rings is 1. The van der Waals surface area contributed by atoms with Crippen molar-refractivity contribution in [3.8, 4) is 12.3 Å². The molecule has 18 heavy (non-hydrogen) atoms. The number of anilines is 1. The summed E-state index contributed by atoms with van der Waals surface area (Å²) < 4.78 is 0. The number of nitrogens with one attached hydrogen (secondary N) is 2. The van der Waals surface area contributed by atoms with Gasteiger partial charge >= 0.3 is 12.0 Å². The predicted molar refractivity (Wildman–Crippen MR) is 68.6 cm³/mol. The molecule has 0 aliphatic carbocycles. The first-order chi connectivity index (χ1) is 8.45. The van der Waals surface area contributed by atoms with Crippen LogP contribution in [0.2, 0.25) is 0 Å². The molecule has 0 aromatic heterocycles. The van der Waals surface area contributed by atoms with E-state index in [2.05, 4.69) is 16.6 Å². The van der Waals surface area contributed by atoms with Gasteiger partial charge < -0.3 is 15.7 Å². The Balaban J connectivity index is 2.92. The van der Waals surface area contributed by atoms with Crippen LogP contribution < -0.4 is 10.6 Å². The Morgan fingerprint density at radius 1 is 1.44 bits per heavy atom. The van der Waals surface area contributed by atoms with Gasteiger partial charge in [0, 0.05) is 0 Å². The van der Waals surface area contributed by atoms with Crippen LogP contribution in [-0.4, -0.2) is 23.1 Å². The van der Waals surface area contributed by atoms with Crippen molar-refractivity contribution in [1.29, 1.82) is 0 Å². The second kappa shape index (κ2) is 5.73. The summed E-state index contributed by atoms with van der Waals surface area (Å²) in [4.78, 5) is 22.7. The zero-order valence-corrected chi connectivity index (χ0v) is 10.2. The molecule has 1 aromatic rings. The van der Waals surface area contributed by atoms with Crippen LogP contribution in [0.3, 0.4) is 0 Å². The van der Waals surface area contributed by atoms with Crippen molar-refractivity contribution < 1.29 is 14.7 Å². The second-order valence-electron chi connectivity index (χ2n) is 3.79. The zero-order valence-electron chi connectivity index (χ0n) is 10.2. The average Bonchev–Trinajstić information content (AvgIpc) is 2.28. The van der Waals surface area contributed by atoms with Crippen molar-refractivity contribution in [2.45, 2.75) is 19.9 Å². The van der Waals surface area contributed by atoms with E-state index < -0.39 is 18.0 Å². The molecule has 1 rings (SSSR count). The van der Waals surface area contributed by atoms with Gasteiger partial charge in [-0.1, -0.05) is 18.1 Å². The molecule has 0 saturated carbocycles. The minimum atomic E-state index is -1.09. The van der Waals surface area contributed by atoms with Gasteiger partial charge in [0.1, 0.15) is 0 Å². The number of hydrogen-bond donors (Lipinski definition) is 3. The molecule has 5 nitrogen and oxygen atoms in total. The van der Waals surface area contributed by atoms with Crippen molar-refractivity contribution >= 4 is 17.7 Å². The smallest absolute Gasteiger partial charge is 0.338 e. The maximum atomic E-state index is 11.6. The number of rotatable bonds is 3. The van der Waals surface area contributed by atoms with Crippen LogP contribution in [0.1, 0.15) is 22.8 Å². The molecule has 0 aliphatic heterocycles. The predicted octanol–water partition coefficient (Wildman–Crippen LogP) is 1.84. The van der Waals surface area contributed by atoms with Crippen LogP contribution in [0.4, 0.5) is 10.5 Å². The molecular formula is C13H14N2O3. The summed E-state index contributed by atoms with van der Waals surface area (Å²) in [7, 11) is 0. The summed E-state index contributed by atoms with van der Waals surface area (Å²) in [6.45, 7) is 3.31. The zero-order chi connectivity index (χ0) is 13.7. The number of carbonyl (C=O) groups is 2. The van der Waals surface area contributed by atoms with Gasteiger partial charge in [-0.2, -0.15) is 0 Å². The number of aromatic carboxylic acids is 1. The Kier molecular flexibility index (Phi) is 4.33. The summed E-state index contributed by atoms with van der Waals surface area (Å²) in [5, 5.41) is 14.0. The Labute approximate surface area is 105 Å². The van der Waals surface area contributed by atoms with Crippen molar-refractivity contribution in [2.24, 2.45) is 0 Å². The van der Waals surface area contributed by atoms with E-state index in [0.717, 1.165) is 0 Å². The summed E-state index contributed by atoms with van der Waals surface area (Å²) in [5.41, 5.74) is 0.885. The maximum Gasteiger partial charge on any atom is 0.338 e. The number of carbonyl (C=O) groups excluding carboxylic acids is 1. The Morgan fingerprint density at radius 3 is 2.67 bits per heavy atom. The molecule has 2 amide bonds. The van der Waals surface area contributed by atoms with E-state index in [0.29, 0.717) is 5.56 Å². The monoisotopic (exact) mass is 246 g/mol. The third-order valence-corrected chi connectivity index (χ3v) is 2.33. The molecule has 0 radical (unpaired) electrons. The lowest BCUT2D eigenvalue weighted by molar-refractivity contribution is 0.0697. The van der Waals surface area contributed by atoms with Crippen molar-refractivity contribution in [2.75, 3.05) is 5.32 Å². The fourth-order valence-electron chi connectivity index (χ4n) is 1.45. The van der Waals surface area contributed by atoms with Gasteiger partial charge in [0.15, 0.2) is 0 Å². The number of terminal acetylenes is 1. The van der Waals surface area contributed by atoms with E-state index in [9.17, 15) is 9.59 Å². The van der Waals surface area contributed by atoms with E-state index in [1.807, 2.05) is 0 Å². The van der Waals surface area contributed by atoms with Crippen LogP contribution in [-0.2, 0) is 0 Å². The van der Waals surface area contributed by atoms with E-state index in [1.165, 1.54) is 6.07 Å². The van der Waals surface area contributed by atoms with Crippen molar-refractivity contribution in [3.63, 3.8) is 0 Å². The molecule has 0 saturated heterocycles. The largest absolute Gasteiger partial charge is 0.478 e. The van der Waals surface area contributed by atoms with Crippen LogP contribution in [0, 0.1) is 19.3 Å². The summed E-state index contributed by atoms with van der Waals surface area (Å²) in [6, 6.07) is 3.89. The molecule has 1 atom stereocenters. The molecule has 0 heterocycles. The van der Waals surface area contributed by atoms with E-state index in [4.69, 9.17) is 11.5 Å². The lowest BCUT2D eigenvalue weighted by Crippen LogP contribution is -2.35. The van der Waals surface area contributed by atoms with Gasteiger partial charge in [-0.15, -0.1) is 6.42 Å². The number of urea groups is 1. The topological polar surface area (TPSA) is 78.4 Å². The quantitative estimate of drug-likeness (QED) is 0.712. The van der Waals surface area contributed by atoms with E-state index >= 15 is 0 Å². The first-order valence-electron chi connectivity index (χ1n) is 5.32. The first-order valence-corrected chi connectivity index (χ1v) is 5.32. The molecule has 94 valence electrons. The number of amides is 2. The van der Waals surface area contributed by atoms with Crippen molar-refractivity contribution in [3.05, 3.63) is 29.3 Å². The average molecular weight is 246 g/mol. The lowest BCUT2D eigenvalue weighted by atomic mass is 10.1. The van der Waals surface area contributed by atoms with Crippen LogP contribution in [0.15, 0.2) is 18.2 Å². The Morgan fingerprint density at radius 2 is 2.11 bits per heavy atom. The van der Waals surface area contributed by atoms with Crippen molar-refractivity contribution in [1.82, 2.24) is 5.32 Å². The van der Waals surface area contributed by atoms with E-state index in [-0.39, 0.29) is 11.3 Å². The molecule has 0 fully saturated rings. The fraction of sp³-hybridized carbons (Fsp3) is 0.231. The SMILES string of the molecule is C#CC(C)NC(=O)Nc1cccc(C)c1C(=O)O. The van der Waals surface area contributed by atoms with Gasteiger partial charge in [-0.25, -0.2) is 9.59 Å². The Hall–Kier alpha value is -2.48. The fourth-order valence-corrected chi connectivity index (χ4v) is 1.45. The standard InChI is InChI=1S/C13H14N2O3/c1-4-9(3)14-13(18)15-10-7-5-6-8(2)11(10)12(16)17/h1,5-7,9H,2-3H3,(H,16,17)(H2,14,15,18). The number of hydrogen-bond acceptors (Lipinski definition) is 2. The van der Waals surface area contributed by atoms with Gasteiger partial charge in [0.25, 0.3) is 0 Å². The molecular weight excluding hydrogens is 232 g/mol. The van der Waals surface area contributed by atoms with Gasteiger partial charge in [-0.05, 0) is 25.5 Å². The van der Waals surface area contributed by atoms with Gasteiger partial charge in [0.05, 0.1) is 17.3 Å². The highest BCUT2D eigenvalue weighted by Crippen LogP contribution is 2.19. The summed E-state index contributed by atoms with van der Waals surface area (Å²) in [6.07, 6.45) is 5.13. The van der Waals surface area contributed by atoms with Crippen LogP contribution in [0.5, 0.6) is 0 Å². The number of aryl methyl sites for hydroxylation is 1. The number of carboxylic acid groups (broad SMARTS) is 1. The Bertz CT molecular complexity index is 517. The number of carboxylic acids is 1. The molecule has 0 aliphatic rings. The van der Waals surface area contributed by atoms with Gasteiger partial charge in [-0.3, -0.25) is 0 Å². The third kappa shape index (κ3) is 3.25. The highest BCUT2D eigenvalue weighted by molar-refractivity contribution is 6.01. The van der Waals surface area contributed by atoms with Crippen LogP contribution >= 0.6 is 0 Å².